The van der Waals surface area contributed by atoms with E-state index < -0.39 is 10.1 Å². The van der Waals surface area contributed by atoms with Crippen LogP contribution in [0.4, 0.5) is 0 Å². The fraction of sp³-hybridized carbons (Fsp3) is 1.00. The van der Waals surface area contributed by atoms with E-state index in [1.807, 2.05) is 0 Å². The summed E-state index contributed by atoms with van der Waals surface area (Å²) < 4.78 is 28.2. The summed E-state index contributed by atoms with van der Waals surface area (Å²) in [4.78, 5) is 0. The summed E-state index contributed by atoms with van der Waals surface area (Å²) in [7, 11) is -3.64. The molecule has 0 aromatic rings. The summed E-state index contributed by atoms with van der Waals surface area (Å²) in [6.45, 7) is 0. The van der Waals surface area contributed by atoms with E-state index in [0.717, 1.165) is 27.9 Å². The van der Waals surface area contributed by atoms with E-state index in [4.69, 9.17) is 4.55 Å². The van der Waals surface area contributed by atoms with Crippen LogP contribution in [-0.4, -0.2) is 46.7 Å². The number of rotatable bonds is 2. The Balaban J connectivity index is 3.60. The molecule has 0 bridgehead atoms. The minimum absolute atomic E-state index is 0.0702. The van der Waals surface area contributed by atoms with Gasteiger partial charge in [0.2, 0.25) is 0 Å². The molecule has 0 aromatic carbocycles. The van der Waals surface area contributed by atoms with E-state index in [1.165, 1.54) is 0 Å². The zero-order chi connectivity index (χ0) is 5.91. The standard InChI is InChI=1S/C2H5O3S.Na/c1-2-6(3,4)5;/h1-2H2,(H,3,4,5);. The van der Waals surface area contributed by atoms with E-state index >= 15 is 0 Å². The topological polar surface area (TPSA) is 54.4 Å². The van der Waals surface area contributed by atoms with Gasteiger partial charge in [0, 0.05) is 0 Å². The summed E-state index contributed by atoms with van der Waals surface area (Å²) in [6, 6.07) is 0. The van der Waals surface area contributed by atoms with Crippen LogP contribution in [0.2, 0.25) is 3.67 Å². The normalized spacial score (nSPS) is 11.9. The molecule has 0 radical (unpaired) electrons. The second kappa shape index (κ2) is 3.04. The van der Waals surface area contributed by atoms with Gasteiger partial charge in [0.1, 0.15) is 0 Å². The molecule has 0 rings (SSSR count). The quantitative estimate of drug-likeness (QED) is 0.405. The molecule has 0 aliphatic heterocycles. The van der Waals surface area contributed by atoms with E-state index in [9.17, 15) is 8.42 Å². The second-order valence-corrected chi connectivity index (χ2v) is 3.86. The molecule has 0 saturated carbocycles. The van der Waals surface area contributed by atoms with E-state index in [0.29, 0.717) is 3.67 Å². The number of hydrogen-bond donors (Lipinski definition) is 1. The van der Waals surface area contributed by atoms with Crippen molar-refractivity contribution in [3.05, 3.63) is 0 Å². The molecule has 0 unspecified atom stereocenters. The van der Waals surface area contributed by atoms with Crippen molar-refractivity contribution in [1.82, 2.24) is 0 Å². The first-order valence-electron chi connectivity index (χ1n) is 2.01. The van der Waals surface area contributed by atoms with Crippen LogP contribution in [0.5, 0.6) is 0 Å². The van der Waals surface area contributed by atoms with Crippen molar-refractivity contribution in [3.8, 4) is 0 Å². The molecule has 0 heterocycles. The molecule has 7 heavy (non-hydrogen) atoms. The molecule has 0 spiro atoms. The van der Waals surface area contributed by atoms with Crippen molar-refractivity contribution in [2.75, 3.05) is 5.75 Å². The van der Waals surface area contributed by atoms with E-state index in [2.05, 4.69) is 0 Å². The van der Waals surface area contributed by atoms with Crippen LogP contribution in [-0.2, 0) is 10.1 Å². The van der Waals surface area contributed by atoms with Gasteiger partial charge in [-0.15, -0.1) is 0 Å². The third-order valence-electron chi connectivity index (χ3n) is 0.462. The third kappa shape index (κ3) is 6.91. The Kier molecular flexibility index (Phi) is 3.44. The molecule has 0 aromatic heterocycles. The minimum atomic E-state index is -3.64. The van der Waals surface area contributed by atoms with Gasteiger partial charge in [0.05, 0.1) is 0 Å². The van der Waals surface area contributed by atoms with E-state index in [1.54, 1.807) is 0 Å². The average Bonchev–Trinajstić information content (AvgIpc) is 1.30. The van der Waals surface area contributed by atoms with Crippen LogP contribution in [0.25, 0.3) is 0 Å². The van der Waals surface area contributed by atoms with Crippen molar-refractivity contribution in [2.45, 2.75) is 3.67 Å². The van der Waals surface area contributed by atoms with Gasteiger partial charge in [-0.25, -0.2) is 0 Å². The Morgan fingerprint density at radius 2 is 2.00 bits per heavy atom. The average molecular weight is 132 g/mol. The molecule has 38 valence electrons. The van der Waals surface area contributed by atoms with Gasteiger partial charge in [-0.2, -0.15) is 0 Å². The van der Waals surface area contributed by atoms with Crippen molar-refractivity contribution >= 4 is 38.0 Å². The fourth-order valence-corrected chi connectivity index (χ4v) is 2.32. The van der Waals surface area contributed by atoms with Gasteiger partial charge in [0.25, 0.3) is 0 Å². The van der Waals surface area contributed by atoms with Crippen LogP contribution in [0.15, 0.2) is 0 Å². The van der Waals surface area contributed by atoms with Gasteiger partial charge < -0.3 is 0 Å². The molecule has 0 fully saturated rings. The molecular weight excluding hydrogens is 127 g/mol. The molecule has 1 N–H and O–H groups in total. The SMILES string of the molecule is O=S(=O)(O)C[CH2][Na]. The Bertz CT molecular complexity index is 126. The first-order chi connectivity index (χ1) is 3.06. The van der Waals surface area contributed by atoms with Crippen molar-refractivity contribution in [3.63, 3.8) is 0 Å². The van der Waals surface area contributed by atoms with Gasteiger partial charge in [-0.05, 0) is 0 Å². The van der Waals surface area contributed by atoms with Crippen LogP contribution in [0.3, 0.4) is 0 Å². The predicted octanol–water partition coefficient (Wildman–Crippen LogP) is -0.539. The Morgan fingerprint density at radius 3 is 2.00 bits per heavy atom. The zero-order valence-corrected chi connectivity index (χ0v) is 6.90. The molecule has 0 atom stereocenters. The summed E-state index contributed by atoms with van der Waals surface area (Å²) in [5.74, 6) is -0.0702. The fourth-order valence-electron chi connectivity index (χ4n) is 0.258. The molecule has 5 heteroatoms. The third-order valence-corrected chi connectivity index (χ3v) is 2.61. The molecule has 0 saturated heterocycles. The van der Waals surface area contributed by atoms with E-state index in [-0.39, 0.29) is 5.75 Å². The van der Waals surface area contributed by atoms with Crippen LogP contribution in [0, 0.1) is 0 Å². The molecule has 0 aliphatic rings. The monoisotopic (exact) mass is 132 g/mol. The summed E-state index contributed by atoms with van der Waals surface area (Å²) in [5.41, 5.74) is 0. The van der Waals surface area contributed by atoms with Crippen molar-refractivity contribution in [1.29, 1.82) is 0 Å². The van der Waals surface area contributed by atoms with Gasteiger partial charge in [-0.3, -0.25) is 0 Å². The van der Waals surface area contributed by atoms with Crippen molar-refractivity contribution in [2.24, 2.45) is 0 Å². The van der Waals surface area contributed by atoms with Gasteiger partial charge in [0.15, 0.2) is 0 Å². The Hall–Kier alpha value is 0.910. The Morgan fingerprint density at radius 1 is 1.57 bits per heavy atom. The van der Waals surface area contributed by atoms with Crippen molar-refractivity contribution < 1.29 is 13.0 Å². The summed E-state index contributed by atoms with van der Waals surface area (Å²) >= 11 is 0.831. The second-order valence-electron chi connectivity index (χ2n) is 1.29. The summed E-state index contributed by atoms with van der Waals surface area (Å²) in [5, 5.41) is 0. The summed E-state index contributed by atoms with van der Waals surface area (Å²) in [6.07, 6.45) is 0. The van der Waals surface area contributed by atoms with Crippen LogP contribution in [0.1, 0.15) is 0 Å². The number of hydrogen-bond acceptors (Lipinski definition) is 2. The molecule has 3 nitrogen and oxygen atoms in total. The molecule has 0 aliphatic carbocycles. The van der Waals surface area contributed by atoms with Crippen LogP contribution < -0.4 is 0 Å². The first-order valence-corrected chi connectivity index (χ1v) is 5.04. The molecule has 0 amide bonds. The van der Waals surface area contributed by atoms with Crippen LogP contribution >= 0.6 is 0 Å². The first kappa shape index (κ1) is 7.91. The van der Waals surface area contributed by atoms with Gasteiger partial charge >= 0.3 is 60.4 Å². The Labute approximate surface area is 60.3 Å². The predicted molar refractivity (Wildman–Crippen MR) is 27.0 cm³/mol. The maximum atomic E-state index is 9.81. The van der Waals surface area contributed by atoms with Gasteiger partial charge in [-0.1, -0.05) is 0 Å². The molecular formula is C2H5NaO3S. The maximum absolute atomic E-state index is 9.81. The zero-order valence-electron chi connectivity index (χ0n) is 4.09.